The first kappa shape index (κ1) is 16.6. The Morgan fingerprint density at radius 3 is 2.68 bits per heavy atom. The summed E-state index contributed by atoms with van der Waals surface area (Å²) in [5.41, 5.74) is 6.14. The second-order valence-corrected chi connectivity index (χ2v) is 7.48. The monoisotopic (exact) mass is 336 g/mol. The van der Waals surface area contributed by atoms with Gasteiger partial charge in [-0.05, 0) is 45.1 Å². The van der Waals surface area contributed by atoms with Gasteiger partial charge in [0.1, 0.15) is 0 Å². The fraction of sp³-hybridized carbons (Fsp3) is 0.400. The van der Waals surface area contributed by atoms with Gasteiger partial charge >= 0.3 is 0 Å². The van der Waals surface area contributed by atoms with Gasteiger partial charge in [-0.2, -0.15) is 0 Å². The largest absolute Gasteiger partial charge is 0.357 e. The summed E-state index contributed by atoms with van der Waals surface area (Å²) in [5, 5.41) is 4.43. The number of rotatable bonds is 3. The Hall–Kier alpha value is -1.73. The number of hydrogen-bond donors (Lipinski definition) is 3. The number of nitrogens with zero attached hydrogens (tertiary/aromatic N) is 1. The van der Waals surface area contributed by atoms with Gasteiger partial charge in [0.15, 0.2) is 5.11 Å². The molecule has 0 atom stereocenters. The number of nitrogens with one attached hydrogen (secondary N) is 3. The first-order chi connectivity index (χ1) is 10.3. The van der Waals surface area contributed by atoms with Gasteiger partial charge in [0.25, 0.3) is 0 Å². The number of hydrogen-bond acceptors (Lipinski definition) is 4. The molecule has 0 fully saturated rings. The van der Waals surface area contributed by atoms with Crippen LogP contribution in [0.4, 0.5) is 0 Å². The first-order valence-corrected chi connectivity index (χ1v) is 8.27. The van der Waals surface area contributed by atoms with Crippen LogP contribution in [-0.4, -0.2) is 21.5 Å². The number of aryl methyl sites for hydroxylation is 1. The van der Waals surface area contributed by atoms with E-state index in [1.54, 1.807) is 11.3 Å². The number of thiocarbonyl (C=S) groups is 1. The number of benzene rings is 1. The molecular weight excluding hydrogens is 316 g/mol. The van der Waals surface area contributed by atoms with Crippen LogP contribution in [0.25, 0.3) is 10.2 Å². The minimum Gasteiger partial charge on any atom is -0.357 e. The molecular formula is C15H20N4OS2. The van der Waals surface area contributed by atoms with Gasteiger partial charge in [0.05, 0.1) is 15.2 Å². The van der Waals surface area contributed by atoms with Gasteiger partial charge in [-0.25, -0.2) is 4.98 Å². The second kappa shape index (κ2) is 7.02. The summed E-state index contributed by atoms with van der Waals surface area (Å²) >= 11 is 6.72. The van der Waals surface area contributed by atoms with Crippen LogP contribution in [0.2, 0.25) is 0 Å². The highest BCUT2D eigenvalue weighted by atomic mass is 32.1. The fourth-order valence-corrected chi connectivity index (χ4v) is 3.13. The van der Waals surface area contributed by atoms with Gasteiger partial charge in [0.2, 0.25) is 5.91 Å². The van der Waals surface area contributed by atoms with Crippen LogP contribution in [0.1, 0.15) is 32.2 Å². The predicted octanol–water partition coefficient (Wildman–Crippen LogP) is 2.52. The molecule has 1 aromatic carbocycles. The van der Waals surface area contributed by atoms with Crippen LogP contribution in [0.15, 0.2) is 24.3 Å². The van der Waals surface area contributed by atoms with Crippen LogP contribution in [-0.2, 0) is 11.2 Å². The van der Waals surface area contributed by atoms with Gasteiger partial charge in [0, 0.05) is 18.4 Å². The van der Waals surface area contributed by atoms with Crippen molar-refractivity contribution < 1.29 is 4.79 Å². The maximum absolute atomic E-state index is 11.8. The molecule has 0 radical (unpaired) electrons. The third-order valence-electron chi connectivity index (χ3n) is 2.71. The molecule has 0 aliphatic carbocycles. The topological polar surface area (TPSA) is 66.0 Å². The van der Waals surface area contributed by atoms with E-state index in [0.717, 1.165) is 15.2 Å². The van der Waals surface area contributed by atoms with E-state index >= 15 is 0 Å². The number of carbonyl (C=O) groups excluding carboxylic acids is 1. The number of carbonyl (C=O) groups is 1. The lowest BCUT2D eigenvalue weighted by Gasteiger charge is -2.23. The molecule has 1 amide bonds. The highest BCUT2D eigenvalue weighted by Gasteiger charge is 2.11. The number of thiazole rings is 1. The average Bonchev–Trinajstić information content (AvgIpc) is 2.84. The van der Waals surface area contributed by atoms with Crippen molar-refractivity contribution in [2.75, 3.05) is 0 Å². The zero-order valence-electron chi connectivity index (χ0n) is 12.9. The maximum Gasteiger partial charge on any atom is 0.238 e. The summed E-state index contributed by atoms with van der Waals surface area (Å²) < 4.78 is 1.14. The van der Waals surface area contributed by atoms with E-state index in [9.17, 15) is 4.79 Å². The molecule has 0 unspecified atom stereocenters. The molecule has 0 aliphatic heterocycles. The van der Waals surface area contributed by atoms with Crippen LogP contribution < -0.4 is 16.2 Å². The molecule has 0 saturated carbocycles. The van der Waals surface area contributed by atoms with E-state index in [2.05, 4.69) is 21.2 Å². The molecule has 0 spiro atoms. The van der Waals surface area contributed by atoms with Crippen molar-refractivity contribution in [3.63, 3.8) is 0 Å². The lowest BCUT2D eigenvalue weighted by Crippen LogP contribution is -2.52. The Morgan fingerprint density at radius 2 is 2.00 bits per heavy atom. The summed E-state index contributed by atoms with van der Waals surface area (Å²) in [6.07, 6.45) is 0.983. The molecule has 1 aromatic heterocycles. The van der Waals surface area contributed by atoms with Gasteiger partial charge in [-0.15, -0.1) is 11.3 Å². The SMILES string of the molecule is CC(C)(C)NC(=S)NNC(=O)CCc1nc2ccccc2s1. The number of aromatic nitrogens is 1. The van der Waals surface area contributed by atoms with E-state index in [0.29, 0.717) is 18.0 Å². The number of fused-ring (bicyclic) bond motifs is 1. The Morgan fingerprint density at radius 1 is 1.27 bits per heavy atom. The third-order valence-corrected chi connectivity index (χ3v) is 4.01. The lowest BCUT2D eigenvalue weighted by atomic mass is 10.1. The van der Waals surface area contributed by atoms with Crippen molar-refractivity contribution in [3.05, 3.63) is 29.3 Å². The standard InChI is InChI=1S/C15H20N4OS2/c1-15(2,3)17-14(21)19-18-12(20)8-9-13-16-10-6-4-5-7-11(10)22-13/h4-7H,8-9H2,1-3H3,(H,18,20)(H2,17,19,21). The Bertz CT molecular complexity index is 642. The molecule has 2 aromatic rings. The van der Waals surface area contributed by atoms with E-state index in [1.807, 2.05) is 45.0 Å². The Balaban J connectivity index is 1.77. The summed E-state index contributed by atoms with van der Waals surface area (Å²) in [6.45, 7) is 5.99. The van der Waals surface area contributed by atoms with Crippen LogP contribution >= 0.6 is 23.6 Å². The number of para-hydroxylation sites is 1. The highest BCUT2D eigenvalue weighted by Crippen LogP contribution is 2.22. The number of amides is 1. The average molecular weight is 336 g/mol. The lowest BCUT2D eigenvalue weighted by molar-refractivity contribution is -0.121. The van der Waals surface area contributed by atoms with Crippen LogP contribution in [0.3, 0.4) is 0 Å². The quantitative estimate of drug-likeness (QED) is 0.594. The molecule has 7 heteroatoms. The zero-order valence-corrected chi connectivity index (χ0v) is 14.5. The van der Waals surface area contributed by atoms with Crippen molar-refractivity contribution in [2.45, 2.75) is 39.2 Å². The molecule has 0 saturated heterocycles. The molecule has 0 bridgehead atoms. The van der Waals surface area contributed by atoms with E-state index in [1.165, 1.54) is 0 Å². The summed E-state index contributed by atoms with van der Waals surface area (Å²) in [4.78, 5) is 16.3. The fourth-order valence-electron chi connectivity index (χ4n) is 1.81. The zero-order chi connectivity index (χ0) is 16.2. The highest BCUT2D eigenvalue weighted by molar-refractivity contribution is 7.80. The molecule has 1 heterocycles. The third kappa shape index (κ3) is 5.23. The van der Waals surface area contributed by atoms with Crippen molar-refractivity contribution >= 4 is 44.8 Å². The predicted molar refractivity (Wildman–Crippen MR) is 94.7 cm³/mol. The van der Waals surface area contributed by atoms with Crippen LogP contribution in [0.5, 0.6) is 0 Å². The molecule has 118 valence electrons. The summed E-state index contributed by atoms with van der Waals surface area (Å²) in [6, 6.07) is 7.97. The Kier molecular flexibility index (Phi) is 5.31. The van der Waals surface area contributed by atoms with Crippen molar-refractivity contribution in [1.82, 2.24) is 21.2 Å². The van der Waals surface area contributed by atoms with Crippen molar-refractivity contribution in [3.8, 4) is 0 Å². The smallest absolute Gasteiger partial charge is 0.238 e. The van der Waals surface area contributed by atoms with Gasteiger partial charge in [-0.1, -0.05) is 12.1 Å². The minimum absolute atomic E-state index is 0.114. The molecule has 0 aliphatic rings. The summed E-state index contributed by atoms with van der Waals surface area (Å²) in [7, 11) is 0. The molecule has 2 rings (SSSR count). The maximum atomic E-state index is 11.8. The Labute approximate surface area is 139 Å². The van der Waals surface area contributed by atoms with E-state index in [-0.39, 0.29) is 11.4 Å². The normalized spacial score (nSPS) is 11.2. The summed E-state index contributed by atoms with van der Waals surface area (Å²) in [5.74, 6) is -0.114. The second-order valence-electron chi connectivity index (χ2n) is 5.95. The molecule has 3 N–H and O–H groups in total. The van der Waals surface area contributed by atoms with Crippen molar-refractivity contribution in [2.24, 2.45) is 0 Å². The minimum atomic E-state index is -0.143. The van der Waals surface area contributed by atoms with Crippen LogP contribution in [0, 0.1) is 0 Å². The van der Waals surface area contributed by atoms with Gasteiger partial charge < -0.3 is 5.32 Å². The van der Waals surface area contributed by atoms with E-state index < -0.39 is 0 Å². The molecule has 22 heavy (non-hydrogen) atoms. The van der Waals surface area contributed by atoms with E-state index in [4.69, 9.17) is 12.2 Å². The van der Waals surface area contributed by atoms with Crippen molar-refractivity contribution in [1.29, 1.82) is 0 Å². The van der Waals surface area contributed by atoms with Gasteiger partial charge in [-0.3, -0.25) is 15.6 Å². The number of hydrazine groups is 1. The molecule has 5 nitrogen and oxygen atoms in total. The first-order valence-electron chi connectivity index (χ1n) is 7.05.